The van der Waals surface area contributed by atoms with Crippen LogP contribution in [0.25, 0.3) is 16.9 Å². The van der Waals surface area contributed by atoms with Crippen molar-refractivity contribution < 1.29 is 13.2 Å². The van der Waals surface area contributed by atoms with Crippen molar-refractivity contribution in [1.82, 2.24) is 9.38 Å². The number of pyridine rings is 1. The van der Waals surface area contributed by atoms with Gasteiger partial charge in [0.15, 0.2) is 5.65 Å². The van der Waals surface area contributed by atoms with E-state index in [1.54, 1.807) is 0 Å². The fraction of sp³-hybridized carbons (Fsp3) is 0.278. The van der Waals surface area contributed by atoms with E-state index in [2.05, 4.69) is 4.98 Å². The van der Waals surface area contributed by atoms with Crippen LogP contribution < -0.4 is 5.73 Å². The summed E-state index contributed by atoms with van der Waals surface area (Å²) in [5, 5.41) is -0.0375. The Bertz CT molecular complexity index is 899. The molecular formula is C18H17ClF3N3. The summed E-state index contributed by atoms with van der Waals surface area (Å²) in [6, 6.07) is 8.58. The van der Waals surface area contributed by atoms with Crippen LogP contribution >= 0.6 is 11.6 Å². The van der Waals surface area contributed by atoms with Gasteiger partial charge in [0.1, 0.15) is 0 Å². The zero-order valence-electron chi connectivity index (χ0n) is 13.6. The highest BCUT2D eigenvalue weighted by atomic mass is 35.5. The lowest BCUT2D eigenvalue weighted by Crippen LogP contribution is -2.07. The first-order chi connectivity index (χ1) is 11.8. The van der Waals surface area contributed by atoms with Gasteiger partial charge in [-0.2, -0.15) is 13.2 Å². The molecule has 2 heterocycles. The molecular weight excluding hydrogens is 351 g/mol. The maximum absolute atomic E-state index is 13.2. The SMILES string of the molecule is CCc1ccc(-c2c(CCN)nc3c(Cl)cc(C(F)(F)F)cn23)cc1. The van der Waals surface area contributed by atoms with Crippen LogP contribution in [0.2, 0.25) is 5.02 Å². The van der Waals surface area contributed by atoms with Crippen LogP contribution in [0.3, 0.4) is 0 Å². The highest BCUT2D eigenvalue weighted by Gasteiger charge is 2.32. The second-order valence-electron chi connectivity index (χ2n) is 5.76. The number of imidazole rings is 1. The van der Waals surface area contributed by atoms with Gasteiger partial charge in [0.05, 0.1) is 22.0 Å². The zero-order chi connectivity index (χ0) is 18.2. The monoisotopic (exact) mass is 367 g/mol. The molecule has 3 aromatic rings. The molecule has 0 fully saturated rings. The lowest BCUT2D eigenvalue weighted by molar-refractivity contribution is -0.137. The molecule has 7 heteroatoms. The first kappa shape index (κ1) is 17.8. The van der Waals surface area contributed by atoms with E-state index in [1.807, 2.05) is 31.2 Å². The molecule has 0 aliphatic heterocycles. The summed E-state index contributed by atoms with van der Waals surface area (Å²) >= 11 is 6.07. The minimum Gasteiger partial charge on any atom is -0.330 e. The molecule has 0 bridgehead atoms. The van der Waals surface area contributed by atoms with Gasteiger partial charge < -0.3 is 5.73 Å². The maximum Gasteiger partial charge on any atom is 0.417 e. The standard InChI is InChI=1S/C18H17ClF3N3/c1-2-11-3-5-12(6-4-11)16-15(7-8-23)24-17-14(19)9-13(10-25(16)17)18(20,21)22/h3-6,9-10H,2,7-8,23H2,1H3. The Morgan fingerprint density at radius 2 is 1.88 bits per heavy atom. The normalized spacial score (nSPS) is 12.1. The number of nitrogens with two attached hydrogens (primary N) is 1. The van der Waals surface area contributed by atoms with Crippen molar-refractivity contribution in [1.29, 1.82) is 0 Å². The molecule has 0 aliphatic rings. The van der Waals surface area contributed by atoms with Crippen LogP contribution in [0, 0.1) is 0 Å². The molecule has 132 valence electrons. The summed E-state index contributed by atoms with van der Waals surface area (Å²) in [5.74, 6) is 0. The number of rotatable bonds is 4. The number of aryl methyl sites for hydroxylation is 1. The molecule has 0 spiro atoms. The second kappa shape index (κ2) is 6.69. The van der Waals surface area contributed by atoms with Crippen LogP contribution in [0.5, 0.6) is 0 Å². The summed E-state index contributed by atoms with van der Waals surface area (Å²) in [6.07, 6.45) is -2.12. The maximum atomic E-state index is 13.2. The summed E-state index contributed by atoms with van der Waals surface area (Å²) < 4.78 is 40.9. The molecule has 2 aromatic heterocycles. The number of halogens is 4. The fourth-order valence-corrected chi connectivity index (χ4v) is 3.07. The van der Waals surface area contributed by atoms with Gasteiger partial charge in [0.2, 0.25) is 0 Å². The number of hydrogen-bond acceptors (Lipinski definition) is 2. The van der Waals surface area contributed by atoms with Crippen molar-refractivity contribution in [2.75, 3.05) is 6.54 Å². The molecule has 0 amide bonds. The van der Waals surface area contributed by atoms with Crippen molar-refractivity contribution in [3.05, 3.63) is 58.4 Å². The minimum absolute atomic E-state index is 0.0375. The summed E-state index contributed by atoms with van der Waals surface area (Å²) in [7, 11) is 0. The minimum atomic E-state index is -4.49. The quantitative estimate of drug-likeness (QED) is 0.724. The van der Waals surface area contributed by atoms with E-state index in [1.165, 1.54) is 4.40 Å². The van der Waals surface area contributed by atoms with Gasteiger partial charge in [-0.3, -0.25) is 4.40 Å². The number of fused-ring (bicyclic) bond motifs is 1. The third-order valence-electron chi connectivity index (χ3n) is 4.09. The predicted octanol–water partition coefficient (Wildman–Crippen LogP) is 4.74. The van der Waals surface area contributed by atoms with Gasteiger partial charge in [-0.05, 0) is 24.6 Å². The van der Waals surface area contributed by atoms with E-state index in [0.717, 1.165) is 29.8 Å². The Kier molecular flexibility index (Phi) is 4.75. The van der Waals surface area contributed by atoms with Crippen LogP contribution in [-0.4, -0.2) is 15.9 Å². The Hall–Kier alpha value is -2.05. The topological polar surface area (TPSA) is 43.3 Å². The van der Waals surface area contributed by atoms with E-state index < -0.39 is 11.7 Å². The second-order valence-corrected chi connectivity index (χ2v) is 6.17. The summed E-state index contributed by atoms with van der Waals surface area (Å²) in [6.45, 7) is 2.38. The lowest BCUT2D eigenvalue weighted by Gasteiger charge is -2.10. The zero-order valence-corrected chi connectivity index (χ0v) is 14.3. The molecule has 0 unspecified atom stereocenters. The third kappa shape index (κ3) is 3.37. The van der Waals surface area contributed by atoms with E-state index in [4.69, 9.17) is 17.3 Å². The summed E-state index contributed by atoms with van der Waals surface area (Å²) in [5.41, 5.74) is 8.29. The smallest absolute Gasteiger partial charge is 0.330 e. The largest absolute Gasteiger partial charge is 0.417 e. The molecule has 2 N–H and O–H groups in total. The van der Waals surface area contributed by atoms with Crippen LogP contribution in [-0.2, 0) is 19.0 Å². The van der Waals surface area contributed by atoms with Gasteiger partial charge in [0.25, 0.3) is 0 Å². The predicted molar refractivity (Wildman–Crippen MR) is 92.8 cm³/mol. The molecule has 0 saturated carbocycles. The van der Waals surface area contributed by atoms with Crippen molar-refractivity contribution in [2.24, 2.45) is 5.73 Å². The average Bonchev–Trinajstić information content (AvgIpc) is 2.93. The van der Waals surface area contributed by atoms with Gasteiger partial charge in [0, 0.05) is 18.2 Å². The van der Waals surface area contributed by atoms with E-state index >= 15 is 0 Å². The molecule has 0 saturated heterocycles. The lowest BCUT2D eigenvalue weighted by atomic mass is 10.1. The molecule has 25 heavy (non-hydrogen) atoms. The fourth-order valence-electron chi connectivity index (χ4n) is 2.82. The van der Waals surface area contributed by atoms with Crippen LogP contribution in [0.15, 0.2) is 36.5 Å². The average molecular weight is 368 g/mol. The molecule has 3 nitrogen and oxygen atoms in total. The number of aromatic nitrogens is 2. The number of nitrogens with zero attached hydrogens (tertiary/aromatic N) is 2. The molecule has 3 rings (SSSR count). The van der Waals surface area contributed by atoms with Crippen molar-refractivity contribution in [2.45, 2.75) is 25.9 Å². The van der Waals surface area contributed by atoms with E-state index in [9.17, 15) is 13.2 Å². The Labute approximate surface area is 148 Å². The van der Waals surface area contributed by atoms with E-state index in [-0.39, 0.29) is 5.02 Å². The Balaban J connectivity index is 2.29. The number of hydrogen-bond donors (Lipinski definition) is 1. The van der Waals surface area contributed by atoms with Crippen molar-refractivity contribution >= 4 is 17.2 Å². The first-order valence-electron chi connectivity index (χ1n) is 7.92. The molecule has 0 radical (unpaired) electrons. The van der Waals surface area contributed by atoms with Crippen molar-refractivity contribution in [3.63, 3.8) is 0 Å². The first-order valence-corrected chi connectivity index (χ1v) is 8.30. The third-order valence-corrected chi connectivity index (χ3v) is 4.37. The van der Waals surface area contributed by atoms with Gasteiger partial charge in [-0.25, -0.2) is 4.98 Å². The van der Waals surface area contributed by atoms with E-state index in [0.29, 0.717) is 30.0 Å². The van der Waals surface area contributed by atoms with Crippen molar-refractivity contribution in [3.8, 4) is 11.3 Å². The van der Waals surface area contributed by atoms with Gasteiger partial charge in [-0.15, -0.1) is 0 Å². The van der Waals surface area contributed by atoms with Crippen LogP contribution in [0.4, 0.5) is 13.2 Å². The Morgan fingerprint density at radius 3 is 2.44 bits per heavy atom. The number of benzene rings is 1. The Morgan fingerprint density at radius 1 is 1.20 bits per heavy atom. The molecule has 0 atom stereocenters. The highest BCUT2D eigenvalue weighted by molar-refractivity contribution is 6.33. The molecule has 1 aromatic carbocycles. The molecule has 0 aliphatic carbocycles. The summed E-state index contributed by atoms with van der Waals surface area (Å²) in [4.78, 5) is 4.43. The van der Waals surface area contributed by atoms with Gasteiger partial charge >= 0.3 is 6.18 Å². The highest BCUT2D eigenvalue weighted by Crippen LogP contribution is 2.35. The van der Waals surface area contributed by atoms with Gasteiger partial charge in [-0.1, -0.05) is 42.8 Å². The van der Waals surface area contributed by atoms with Crippen LogP contribution in [0.1, 0.15) is 23.7 Å². The number of alkyl halides is 3.